The first-order valence-corrected chi connectivity index (χ1v) is 10.7. The number of pyridine rings is 1. The minimum Gasteiger partial charge on any atom is -0.392 e. The second kappa shape index (κ2) is 7.46. The van der Waals surface area contributed by atoms with E-state index >= 15 is 0 Å². The van der Waals surface area contributed by atoms with Crippen LogP contribution in [0.2, 0.25) is 0 Å². The van der Waals surface area contributed by atoms with Crippen LogP contribution in [0.3, 0.4) is 0 Å². The normalized spacial score (nSPS) is 30.4. The molecule has 7 nitrogen and oxygen atoms in total. The Morgan fingerprint density at radius 3 is 2.72 bits per heavy atom. The van der Waals surface area contributed by atoms with Gasteiger partial charge in [0.05, 0.1) is 24.0 Å². The van der Waals surface area contributed by atoms with Gasteiger partial charge in [0.1, 0.15) is 5.82 Å². The number of guanidine groups is 1. The third-order valence-corrected chi connectivity index (χ3v) is 6.94. The Kier molecular flexibility index (Phi) is 4.80. The lowest BCUT2D eigenvalue weighted by Crippen LogP contribution is -2.52. The van der Waals surface area contributed by atoms with Gasteiger partial charge in [-0.25, -0.2) is 9.98 Å². The minimum absolute atomic E-state index is 0.000114. The number of aliphatic imine (C=N–C) groups is 1. The summed E-state index contributed by atoms with van der Waals surface area (Å²) in [5.41, 5.74) is 2.25. The van der Waals surface area contributed by atoms with Crippen molar-refractivity contribution in [2.75, 3.05) is 36.4 Å². The number of fused-ring (bicyclic) bond motifs is 2. The topological polar surface area (TPSA) is 84.8 Å². The number of hydrogen-bond donors (Lipinski definition) is 4. The highest BCUT2D eigenvalue weighted by Crippen LogP contribution is 2.51. The van der Waals surface area contributed by atoms with Gasteiger partial charge in [0.2, 0.25) is 5.96 Å². The van der Waals surface area contributed by atoms with Crippen LogP contribution in [-0.2, 0) is 0 Å². The quantitative estimate of drug-likeness (QED) is 0.573. The number of nitrogens with one attached hydrogen (secondary N) is 3. The lowest BCUT2D eigenvalue weighted by atomic mass is 9.62. The molecule has 2 aliphatic heterocycles. The molecule has 3 atom stereocenters. The highest BCUT2D eigenvalue weighted by molar-refractivity contribution is 5.94. The van der Waals surface area contributed by atoms with Crippen molar-refractivity contribution in [1.82, 2.24) is 15.6 Å². The van der Waals surface area contributed by atoms with Crippen molar-refractivity contribution >= 4 is 17.5 Å². The molecule has 1 aromatic heterocycles. The average Bonchev–Trinajstić information content (AvgIpc) is 3.25. The fourth-order valence-corrected chi connectivity index (χ4v) is 5.18. The average molecular weight is 395 g/mol. The van der Waals surface area contributed by atoms with Crippen LogP contribution in [0.4, 0.5) is 11.5 Å². The van der Waals surface area contributed by atoms with Gasteiger partial charge in [-0.15, -0.1) is 0 Å². The number of aliphatic hydroxyl groups is 1. The molecule has 1 saturated carbocycles. The summed E-state index contributed by atoms with van der Waals surface area (Å²) in [6.07, 6.45) is 10.6. The van der Waals surface area contributed by atoms with Gasteiger partial charge in [-0.3, -0.25) is 0 Å². The number of allylic oxidation sites excluding steroid dienone is 2. The minimum atomic E-state index is -0.325. The molecular formula is C22H30N6O. The Morgan fingerprint density at radius 2 is 2.00 bits per heavy atom. The molecular weight excluding hydrogens is 364 g/mol. The van der Waals surface area contributed by atoms with Crippen molar-refractivity contribution in [2.24, 2.45) is 16.3 Å². The van der Waals surface area contributed by atoms with Gasteiger partial charge in [-0.05, 0) is 42.9 Å². The second-order valence-electron chi connectivity index (χ2n) is 8.70. The Bertz CT molecular complexity index is 831. The molecule has 2 aliphatic carbocycles. The summed E-state index contributed by atoms with van der Waals surface area (Å²) < 4.78 is 0. The largest absolute Gasteiger partial charge is 0.392 e. The molecule has 5 rings (SSSR count). The third kappa shape index (κ3) is 3.32. The van der Waals surface area contributed by atoms with Crippen molar-refractivity contribution in [2.45, 2.75) is 38.3 Å². The lowest BCUT2D eigenvalue weighted by Gasteiger charge is -2.48. The van der Waals surface area contributed by atoms with Gasteiger partial charge in [0, 0.05) is 37.8 Å². The zero-order valence-corrected chi connectivity index (χ0v) is 16.9. The van der Waals surface area contributed by atoms with Gasteiger partial charge in [0.15, 0.2) is 0 Å². The fraction of sp³-hybridized carbons (Fsp3) is 0.545. The highest BCUT2D eigenvalue weighted by atomic mass is 16.3. The van der Waals surface area contributed by atoms with Crippen LogP contribution in [0.25, 0.3) is 0 Å². The molecule has 7 heteroatoms. The second-order valence-corrected chi connectivity index (χ2v) is 8.70. The zero-order chi connectivity index (χ0) is 19.8. The SMILES string of the molecule is CC1C[C@H](O)C2(CC=CC2)C2N=C(Nc3ccc(N4CCNCC4)cn3)NC=C12. The Hall–Kier alpha value is -2.38. The van der Waals surface area contributed by atoms with Crippen molar-refractivity contribution in [3.63, 3.8) is 0 Å². The van der Waals surface area contributed by atoms with Crippen LogP contribution in [0.15, 0.2) is 47.2 Å². The van der Waals surface area contributed by atoms with E-state index in [1.54, 1.807) is 0 Å². The summed E-state index contributed by atoms with van der Waals surface area (Å²) in [7, 11) is 0. The maximum atomic E-state index is 10.9. The van der Waals surface area contributed by atoms with E-state index in [1.165, 1.54) is 5.57 Å². The molecule has 154 valence electrons. The number of rotatable bonds is 2. The zero-order valence-electron chi connectivity index (χ0n) is 16.9. The molecule has 0 radical (unpaired) electrons. The Balaban J connectivity index is 1.34. The first-order chi connectivity index (χ1) is 14.2. The first kappa shape index (κ1) is 18.6. The van der Waals surface area contributed by atoms with E-state index in [-0.39, 0.29) is 17.6 Å². The van der Waals surface area contributed by atoms with Crippen LogP contribution in [0.5, 0.6) is 0 Å². The first-order valence-electron chi connectivity index (χ1n) is 10.7. The number of aliphatic hydroxyl groups excluding tert-OH is 1. The number of aromatic nitrogens is 1. The van der Waals surface area contributed by atoms with E-state index in [0.29, 0.717) is 11.9 Å². The van der Waals surface area contributed by atoms with Crippen LogP contribution in [0.1, 0.15) is 26.2 Å². The van der Waals surface area contributed by atoms with Gasteiger partial charge in [0.25, 0.3) is 0 Å². The van der Waals surface area contributed by atoms with Crippen LogP contribution < -0.4 is 20.9 Å². The molecule has 0 bridgehead atoms. The molecule has 1 spiro atoms. The van der Waals surface area contributed by atoms with E-state index < -0.39 is 0 Å². The molecule has 0 amide bonds. The van der Waals surface area contributed by atoms with E-state index in [2.05, 4.69) is 57.2 Å². The molecule has 1 aromatic rings. The Morgan fingerprint density at radius 1 is 1.21 bits per heavy atom. The van der Waals surface area contributed by atoms with Crippen molar-refractivity contribution in [1.29, 1.82) is 0 Å². The van der Waals surface area contributed by atoms with Gasteiger partial charge in [-0.2, -0.15) is 0 Å². The molecule has 2 fully saturated rings. The molecule has 4 aliphatic rings. The number of hydrogen-bond acceptors (Lipinski definition) is 7. The summed E-state index contributed by atoms with van der Waals surface area (Å²) in [6, 6.07) is 4.12. The molecule has 0 aromatic carbocycles. The van der Waals surface area contributed by atoms with Crippen molar-refractivity contribution in [3.8, 4) is 0 Å². The van der Waals surface area contributed by atoms with Crippen LogP contribution in [-0.4, -0.2) is 54.4 Å². The third-order valence-electron chi connectivity index (χ3n) is 6.94. The predicted octanol–water partition coefficient (Wildman–Crippen LogP) is 1.85. The molecule has 29 heavy (non-hydrogen) atoms. The van der Waals surface area contributed by atoms with E-state index in [1.807, 2.05) is 12.3 Å². The summed E-state index contributed by atoms with van der Waals surface area (Å²) in [5, 5.41) is 20.9. The molecule has 3 heterocycles. The van der Waals surface area contributed by atoms with Crippen molar-refractivity contribution in [3.05, 3.63) is 42.3 Å². The van der Waals surface area contributed by atoms with E-state index in [9.17, 15) is 5.11 Å². The van der Waals surface area contributed by atoms with Crippen LogP contribution in [0, 0.1) is 11.3 Å². The predicted molar refractivity (Wildman–Crippen MR) is 116 cm³/mol. The highest BCUT2D eigenvalue weighted by Gasteiger charge is 2.52. The standard InChI is InChI=1S/C22H30N6O/c1-15-12-18(29)22(6-2-3-7-22)20-17(15)14-25-21(27-20)26-19-5-4-16(13-24-19)28-10-8-23-9-11-28/h2-5,13-15,18,20,23,29H,6-12H2,1H3,(H2,24,25,26,27)/t15?,18-,20?/m0/s1. The molecule has 4 N–H and O–H groups in total. The van der Waals surface area contributed by atoms with E-state index in [4.69, 9.17) is 4.99 Å². The number of piperazine rings is 1. The lowest BCUT2D eigenvalue weighted by molar-refractivity contribution is -0.0129. The summed E-state index contributed by atoms with van der Waals surface area (Å²) in [6.45, 7) is 6.22. The molecule has 2 unspecified atom stereocenters. The van der Waals surface area contributed by atoms with Crippen molar-refractivity contribution < 1.29 is 5.11 Å². The molecule has 1 saturated heterocycles. The van der Waals surface area contributed by atoms with E-state index in [0.717, 1.165) is 56.9 Å². The van der Waals surface area contributed by atoms with Gasteiger partial charge in [-0.1, -0.05) is 19.1 Å². The maximum absolute atomic E-state index is 10.9. The van der Waals surface area contributed by atoms with Gasteiger partial charge < -0.3 is 26.0 Å². The summed E-state index contributed by atoms with van der Waals surface area (Å²) in [5.74, 6) is 1.80. The summed E-state index contributed by atoms with van der Waals surface area (Å²) in [4.78, 5) is 12.0. The number of nitrogens with zero attached hydrogens (tertiary/aromatic N) is 3. The smallest absolute Gasteiger partial charge is 0.201 e. The monoisotopic (exact) mass is 394 g/mol. The van der Waals surface area contributed by atoms with Crippen LogP contribution >= 0.6 is 0 Å². The van der Waals surface area contributed by atoms with Gasteiger partial charge >= 0.3 is 0 Å². The fourth-order valence-electron chi connectivity index (χ4n) is 5.18. The Labute approximate surface area is 172 Å². The summed E-state index contributed by atoms with van der Waals surface area (Å²) >= 11 is 0. The number of anilines is 2. The maximum Gasteiger partial charge on any atom is 0.201 e.